The Hall–Kier alpha value is -3.95. The van der Waals surface area contributed by atoms with Crippen LogP contribution < -0.4 is 4.52 Å². The molecule has 1 atom stereocenters. The van der Waals surface area contributed by atoms with E-state index in [0.717, 1.165) is 33.4 Å². The van der Waals surface area contributed by atoms with Gasteiger partial charge in [-0.3, -0.25) is 9.42 Å². The first-order chi connectivity index (χ1) is 18.8. The minimum absolute atomic E-state index is 0.273. The van der Waals surface area contributed by atoms with E-state index in [2.05, 4.69) is 72.8 Å². The van der Waals surface area contributed by atoms with Crippen LogP contribution in [0.2, 0.25) is 0 Å². The minimum atomic E-state index is -4.45. The van der Waals surface area contributed by atoms with Crippen LogP contribution in [0, 0.1) is 0 Å². The standard InChI is InChI=1S/C34H31O4P/c1-34(2,38-39(35,36)37-32-16-10-5-11-17-32)33(30-22-18-28(19-23-30)26-12-6-3-7-13-26)31-24-20-29(21-25-31)27-14-8-4-9-15-27/h3-25,33H,1-2H3,(H,35,36). The predicted molar refractivity (Wildman–Crippen MR) is 158 cm³/mol. The molecule has 196 valence electrons. The fourth-order valence-corrected chi connectivity index (χ4v) is 6.10. The van der Waals surface area contributed by atoms with Crippen molar-refractivity contribution in [3.05, 3.63) is 151 Å². The molecule has 0 aliphatic rings. The van der Waals surface area contributed by atoms with Crippen LogP contribution in [0.15, 0.2) is 140 Å². The molecule has 5 heteroatoms. The van der Waals surface area contributed by atoms with Gasteiger partial charge in [-0.25, -0.2) is 4.57 Å². The van der Waals surface area contributed by atoms with Gasteiger partial charge in [0, 0.05) is 5.92 Å². The molecule has 0 saturated heterocycles. The Kier molecular flexibility index (Phi) is 7.81. The predicted octanol–water partition coefficient (Wildman–Crippen LogP) is 9.13. The van der Waals surface area contributed by atoms with Gasteiger partial charge in [-0.2, -0.15) is 0 Å². The third-order valence-electron chi connectivity index (χ3n) is 6.71. The van der Waals surface area contributed by atoms with E-state index < -0.39 is 13.4 Å². The highest BCUT2D eigenvalue weighted by atomic mass is 31.2. The number of benzene rings is 5. The van der Waals surface area contributed by atoms with Crippen molar-refractivity contribution in [1.29, 1.82) is 0 Å². The first kappa shape index (κ1) is 26.6. The largest absolute Gasteiger partial charge is 0.527 e. The molecule has 0 amide bonds. The Labute approximate surface area is 230 Å². The molecule has 4 nitrogen and oxygen atoms in total. The second-order valence-electron chi connectivity index (χ2n) is 9.98. The molecule has 5 aromatic rings. The van der Waals surface area contributed by atoms with Crippen LogP contribution in [-0.2, 0) is 9.09 Å². The normalized spacial score (nSPS) is 13.1. The van der Waals surface area contributed by atoms with Crippen LogP contribution in [0.25, 0.3) is 22.3 Å². The van der Waals surface area contributed by atoms with Gasteiger partial charge in [-0.15, -0.1) is 0 Å². The molecule has 0 fully saturated rings. The van der Waals surface area contributed by atoms with E-state index in [1.807, 2.05) is 56.3 Å². The van der Waals surface area contributed by atoms with Crippen molar-refractivity contribution >= 4 is 7.82 Å². The van der Waals surface area contributed by atoms with Gasteiger partial charge in [0.1, 0.15) is 5.75 Å². The Morgan fingerprint density at radius 2 is 0.923 bits per heavy atom. The van der Waals surface area contributed by atoms with Crippen molar-refractivity contribution in [2.45, 2.75) is 25.4 Å². The summed E-state index contributed by atoms with van der Waals surface area (Å²) >= 11 is 0. The summed E-state index contributed by atoms with van der Waals surface area (Å²) in [5.74, 6) is -0.0814. The average molecular weight is 535 g/mol. The monoisotopic (exact) mass is 534 g/mol. The topological polar surface area (TPSA) is 55.8 Å². The SMILES string of the molecule is CC(C)(OP(=O)(O)Oc1ccccc1)C(c1ccc(-c2ccccc2)cc1)c1ccc(-c2ccccc2)cc1. The van der Waals surface area contributed by atoms with Crippen molar-refractivity contribution < 1.29 is 18.5 Å². The quantitative estimate of drug-likeness (QED) is 0.192. The smallest absolute Gasteiger partial charge is 0.404 e. The molecular formula is C34H31O4P. The lowest BCUT2D eigenvalue weighted by Gasteiger charge is -2.36. The van der Waals surface area contributed by atoms with Gasteiger partial charge in [-0.05, 0) is 59.4 Å². The number of phosphoric ester groups is 1. The fraction of sp³-hybridized carbons (Fsp3) is 0.118. The van der Waals surface area contributed by atoms with Gasteiger partial charge in [0.05, 0.1) is 5.60 Å². The van der Waals surface area contributed by atoms with Gasteiger partial charge < -0.3 is 4.52 Å². The number of phosphoric acid groups is 1. The average Bonchev–Trinajstić information content (AvgIpc) is 2.94. The van der Waals surface area contributed by atoms with Crippen molar-refractivity contribution in [2.24, 2.45) is 0 Å². The molecule has 1 N–H and O–H groups in total. The van der Waals surface area contributed by atoms with Crippen LogP contribution >= 0.6 is 7.82 Å². The van der Waals surface area contributed by atoms with Crippen molar-refractivity contribution in [3.63, 3.8) is 0 Å². The zero-order valence-electron chi connectivity index (χ0n) is 22.0. The third-order valence-corrected chi connectivity index (χ3v) is 7.85. The number of hydrogen-bond acceptors (Lipinski definition) is 3. The molecule has 0 bridgehead atoms. The molecule has 0 aromatic heterocycles. The Morgan fingerprint density at radius 3 is 1.33 bits per heavy atom. The van der Waals surface area contributed by atoms with E-state index in [1.54, 1.807) is 24.3 Å². The van der Waals surface area contributed by atoms with E-state index in [1.165, 1.54) is 0 Å². The van der Waals surface area contributed by atoms with E-state index in [9.17, 15) is 9.46 Å². The lowest BCUT2D eigenvalue weighted by atomic mass is 9.79. The summed E-state index contributed by atoms with van der Waals surface area (Å²) in [6, 6.07) is 45.4. The number of para-hydroxylation sites is 1. The van der Waals surface area contributed by atoms with E-state index >= 15 is 0 Å². The van der Waals surface area contributed by atoms with Gasteiger partial charge in [0.25, 0.3) is 0 Å². The number of rotatable bonds is 9. The van der Waals surface area contributed by atoms with Crippen molar-refractivity contribution in [2.75, 3.05) is 0 Å². The molecule has 0 aliphatic carbocycles. The van der Waals surface area contributed by atoms with Crippen LogP contribution in [-0.4, -0.2) is 10.5 Å². The highest BCUT2D eigenvalue weighted by Crippen LogP contribution is 2.52. The molecule has 0 spiro atoms. The maximum absolute atomic E-state index is 13.2. The minimum Gasteiger partial charge on any atom is -0.404 e. The summed E-state index contributed by atoms with van der Waals surface area (Å²) < 4.78 is 24.5. The van der Waals surface area contributed by atoms with Crippen LogP contribution in [0.3, 0.4) is 0 Å². The molecule has 0 saturated carbocycles. The molecule has 5 aromatic carbocycles. The van der Waals surface area contributed by atoms with Crippen LogP contribution in [0.5, 0.6) is 5.75 Å². The lowest BCUT2D eigenvalue weighted by molar-refractivity contribution is 0.0545. The number of hydrogen-bond donors (Lipinski definition) is 1. The van der Waals surface area contributed by atoms with E-state index in [-0.39, 0.29) is 11.7 Å². The van der Waals surface area contributed by atoms with Crippen molar-refractivity contribution in [1.82, 2.24) is 0 Å². The summed E-state index contributed by atoms with van der Waals surface area (Å²) in [5.41, 5.74) is 5.27. The van der Waals surface area contributed by atoms with E-state index in [4.69, 9.17) is 9.05 Å². The molecule has 5 rings (SSSR count). The second kappa shape index (κ2) is 11.4. The van der Waals surface area contributed by atoms with E-state index in [0.29, 0.717) is 0 Å². The van der Waals surface area contributed by atoms with Crippen LogP contribution in [0.1, 0.15) is 30.9 Å². The summed E-state index contributed by atoms with van der Waals surface area (Å²) in [6.45, 7) is 3.65. The Balaban J connectivity index is 1.50. The third kappa shape index (κ3) is 6.55. The zero-order valence-corrected chi connectivity index (χ0v) is 22.9. The summed E-state index contributed by atoms with van der Waals surface area (Å²) in [7, 11) is -4.45. The molecule has 0 heterocycles. The summed E-state index contributed by atoms with van der Waals surface area (Å²) in [6.07, 6.45) is 0. The molecule has 0 radical (unpaired) electrons. The van der Waals surface area contributed by atoms with Crippen molar-refractivity contribution in [3.8, 4) is 28.0 Å². The lowest BCUT2D eigenvalue weighted by Crippen LogP contribution is -2.33. The maximum atomic E-state index is 13.2. The van der Waals surface area contributed by atoms with Gasteiger partial charge in [0.2, 0.25) is 0 Å². The molecular weight excluding hydrogens is 503 g/mol. The molecule has 39 heavy (non-hydrogen) atoms. The zero-order chi connectivity index (χ0) is 27.3. The highest BCUT2D eigenvalue weighted by molar-refractivity contribution is 7.47. The van der Waals surface area contributed by atoms with Crippen LogP contribution in [0.4, 0.5) is 0 Å². The first-order valence-electron chi connectivity index (χ1n) is 12.9. The fourth-order valence-electron chi connectivity index (χ4n) is 4.98. The Bertz CT molecular complexity index is 1450. The van der Waals surface area contributed by atoms with Gasteiger partial charge in [-0.1, -0.05) is 127 Å². The molecule has 0 aliphatic heterocycles. The van der Waals surface area contributed by atoms with Gasteiger partial charge in [0.15, 0.2) is 0 Å². The summed E-state index contributed by atoms with van der Waals surface area (Å²) in [4.78, 5) is 10.7. The van der Waals surface area contributed by atoms with Gasteiger partial charge >= 0.3 is 7.82 Å². The highest BCUT2D eigenvalue weighted by Gasteiger charge is 2.41. The first-order valence-corrected chi connectivity index (χ1v) is 14.4. The molecule has 1 unspecified atom stereocenters. The maximum Gasteiger partial charge on any atom is 0.527 e. The summed E-state index contributed by atoms with van der Waals surface area (Å²) in [5, 5.41) is 0. The second-order valence-corrected chi connectivity index (χ2v) is 11.3. The Morgan fingerprint density at radius 1 is 0.564 bits per heavy atom.